The van der Waals surface area contributed by atoms with Gasteiger partial charge in [-0.15, -0.1) is 0 Å². The van der Waals surface area contributed by atoms with Gasteiger partial charge in [0.25, 0.3) is 0 Å². The number of aryl methyl sites for hydroxylation is 1. The Labute approximate surface area is 101 Å². The van der Waals surface area contributed by atoms with Gasteiger partial charge in [0.1, 0.15) is 0 Å². The summed E-state index contributed by atoms with van der Waals surface area (Å²) in [5.74, 6) is -0.0542. The molecular weight excluding hydrogens is 220 g/mol. The molecule has 1 amide bonds. The van der Waals surface area contributed by atoms with Crippen LogP contribution in [0.3, 0.4) is 0 Å². The quantitative estimate of drug-likeness (QED) is 0.789. The van der Waals surface area contributed by atoms with Gasteiger partial charge in [-0.1, -0.05) is 24.4 Å². The summed E-state index contributed by atoms with van der Waals surface area (Å²) in [7, 11) is 0. The number of anilines is 1. The van der Waals surface area contributed by atoms with E-state index in [-0.39, 0.29) is 5.91 Å². The minimum absolute atomic E-state index is 0.0542. The number of nitrogens with two attached hydrogens (primary N) is 1. The molecule has 4 heteroatoms. The molecule has 0 aliphatic carbocycles. The molecule has 1 aromatic carbocycles. The first-order valence-corrected chi connectivity index (χ1v) is 5.56. The molecule has 0 unspecified atom stereocenters. The summed E-state index contributed by atoms with van der Waals surface area (Å²) in [5.41, 5.74) is 8.44. The molecule has 0 saturated heterocycles. The van der Waals surface area contributed by atoms with Gasteiger partial charge in [0.15, 0.2) is 0 Å². The maximum atomic E-state index is 11.6. The molecule has 0 aliphatic rings. The van der Waals surface area contributed by atoms with E-state index < -0.39 is 0 Å². The number of rotatable bonds is 4. The van der Waals surface area contributed by atoms with Crippen molar-refractivity contribution in [2.75, 3.05) is 5.32 Å². The lowest BCUT2D eigenvalue weighted by Gasteiger charge is -2.09. The zero-order valence-corrected chi connectivity index (χ0v) is 10.4. The lowest BCUT2D eigenvalue weighted by atomic mass is 10.1. The summed E-state index contributed by atoms with van der Waals surface area (Å²) in [6, 6.07) is 5.83. The molecule has 1 aromatic rings. The molecule has 0 aliphatic heterocycles. The van der Waals surface area contributed by atoms with Crippen LogP contribution >= 0.6 is 12.2 Å². The number of benzene rings is 1. The highest BCUT2D eigenvalue weighted by molar-refractivity contribution is 7.80. The van der Waals surface area contributed by atoms with Gasteiger partial charge in [-0.25, -0.2) is 0 Å². The molecule has 0 saturated carbocycles. The Kier molecular flexibility index (Phi) is 4.43. The average Bonchev–Trinajstić information content (AvgIpc) is 2.22. The predicted molar refractivity (Wildman–Crippen MR) is 70.6 cm³/mol. The van der Waals surface area contributed by atoms with Gasteiger partial charge < -0.3 is 11.1 Å². The van der Waals surface area contributed by atoms with E-state index in [0.29, 0.717) is 17.8 Å². The van der Waals surface area contributed by atoms with Crippen LogP contribution in [0.15, 0.2) is 18.2 Å². The Hall–Kier alpha value is -1.42. The highest BCUT2D eigenvalue weighted by Crippen LogP contribution is 2.18. The Bertz CT molecular complexity index is 415. The molecule has 1 rings (SSSR count). The second-order valence-corrected chi connectivity index (χ2v) is 4.29. The third-order valence-corrected chi connectivity index (χ3v) is 2.68. The van der Waals surface area contributed by atoms with Gasteiger partial charge in [-0.2, -0.15) is 0 Å². The minimum Gasteiger partial charge on any atom is -0.393 e. The van der Waals surface area contributed by atoms with E-state index in [1.807, 2.05) is 32.0 Å². The van der Waals surface area contributed by atoms with Crippen molar-refractivity contribution in [1.82, 2.24) is 0 Å². The second-order valence-electron chi connectivity index (χ2n) is 3.76. The van der Waals surface area contributed by atoms with Crippen LogP contribution in [0, 0.1) is 13.8 Å². The summed E-state index contributed by atoms with van der Waals surface area (Å²) >= 11 is 4.72. The van der Waals surface area contributed by atoms with Gasteiger partial charge in [0, 0.05) is 18.5 Å². The molecule has 0 radical (unpaired) electrons. The Morgan fingerprint density at radius 2 is 2.06 bits per heavy atom. The van der Waals surface area contributed by atoms with Crippen molar-refractivity contribution in [3.05, 3.63) is 29.3 Å². The standard InChI is InChI=1S/C12H16N2OS/c1-8-4-3-5-10(9(8)2)14-12(15)7-6-11(13)16/h3-5H,6-7H2,1-2H3,(H2,13,16)(H,14,15). The average molecular weight is 236 g/mol. The van der Waals surface area contributed by atoms with E-state index >= 15 is 0 Å². The predicted octanol–water partition coefficient (Wildman–Crippen LogP) is 2.31. The van der Waals surface area contributed by atoms with Crippen LogP contribution in [0.1, 0.15) is 24.0 Å². The van der Waals surface area contributed by atoms with Gasteiger partial charge >= 0.3 is 0 Å². The van der Waals surface area contributed by atoms with E-state index in [1.165, 1.54) is 0 Å². The molecule has 86 valence electrons. The minimum atomic E-state index is -0.0542. The molecule has 0 heterocycles. The number of carbonyl (C=O) groups is 1. The lowest BCUT2D eigenvalue weighted by Crippen LogP contribution is -2.16. The first-order valence-electron chi connectivity index (χ1n) is 5.15. The van der Waals surface area contributed by atoms with E-state index in [9.17, 15) is 4.79 Å². The molecule has 3 nitrogen and oxygen atoms in total. The van der Waals surface area contributed by atoms with Crippen LogP contribution in [-0.2, 0) is 4.79 Å². The maximum Gasteiger partial charge on any atom is 0.224 e. The van der Waals surface area contributed by atoms with Gasteiger partial charge in [-0.3, -0.25) is 4.79 Å². The number of carbonyl (C=O) groups excluding carboxylic acids is 1. The first kappa shape index (κ1) is 12.6. The summed E-state index contributed by atoms with van der Waals surface area (Å²) < 4.78 is 0. The van der Waals surface area contributed by atoms with Gasteiger partial charge in [0.05, 0.1) is 4.99 Å². The SMILES string of the molecule is Cc1cccc(NC(=O)CCC(N)=S)c1C. The smallest absolute Gasteiger partial charge is 0.224 e. The fourth-order valence-corrected chi connectivity index (χ4v) is 1.44. The fraction of sp³-hybridized carbons (Fsp3) is 0.333. The number of hydrogen-bond acceptors (Lipinski definition) is 2. The van der Waals surface area contributed by atoms with Crippen molar-refractivity contribution < 1.29 is 4.79 Å². The number of thiocarbonyl (C=S) groups is 1. The third kappa shape index (κ3) is 3.62. The van der Waals surface area contributed by atoms with E-state index in [1.54, 1.807) is 0 Å². The first-order chi connectivity index (χ1) is 7.50. The highest BCUT2D eigenvalue weighted by atomic mass is 32.1. The van der Waals surface area contributed by atoms with Crippen LogP contribution in [-0.4, -0.2) is 10.9 Å². The molecule has 16 heavy (non-hydrogen) atoms. The lowest BCUT2D eigenvalue weighted by molar-refractivity contribution is -0.116. The number of amides is 1. The van der Waals surface area contributed by atoms with E-state index in [4.69, 9.17) is 18.0 Å². The summed E-state index contributed by atoms with van der Waals surface area (Å²) in [6.07, 6.45) is 0.786. The van der Waals surface area contributed by atoms with Crippen LogP contribution in [0.25, 0.3) is 0 Å². The van der Waals surface area contributed by atoms with Crippen LogP contribution in [0.5, 0.6) is 0 Å². The van der Waals surface area contributed by atoms with Crippen molar-refractivity contribution in [2.45, 2.75) is 26.7 Å². The molecular formula is C12H16N2OS. The van der Waals surface area contributed by atoms with Gasteiger partial charge in [-0.05, 0) is 31.0 Å². The Morgan fingerprint density at radius 3 is 2.69 bits per heavy atom. The largest absolute Gasteiger partial charge is 0.393 e. The fourth-order valence-electron chi connectivity index (χ4n) is 1.34. The Morgan fingerprint density at radius 1 is 1.38 bits per heavy atom. The summed E-state index contributed by atoms with van der Waals surface area (Å²) in [5, 5.41) is 2.85. The number of hydrogen-bond donors (Lipinski definition) is 2. The van der Waals surface area contributed by atoms with Crippen molar-refractivity contribution in [3.63, 3.8) is 0 Å². The third-order valence-electron chi connectivity index (χ3n) is 2.48. The normalized spacial score (nSPS) is 9.88. The van der Waals surface area contributed by atoms with Crippen molar-refractivity contribution in [3.8, 4) is 0 Å². The van der Waals surface area contributed by atoms with E-state index in [0.717, 1.165) is 16.8 Å². The molecule has 3 N–H and O–H groups in total. The topological polar surface area (TPSA) is 55.1 Å². The molecule has 0 aromatic heterocycles. The van der Waals surface area contributed by atoms with Gasteiger partial charge in [0.2, 0.25) is 5.91 Å². The maximum absolute atomic E-state index is 11.6. The molecule has 0 atom stereocenters. The molecule has 0 spiro atoms. The molecule has 0 bridgehead atoms. The van der Waals surface area contributed by atoms with Crippen LogP contribution in [0.2, 0.25) is 0 Å². The number of nitrogens with one attached hydrogen (secondary N) is 1. The zero-order chi connectivity index (χ0) is 12.1. The van der Waals surface area contributed by atoms with Crippen molar-refractivity contribution in [1.29, 1.82) is 0 Å². The van der Waals surface area contributed by atoms with Crippen molar-refractivity contribution >= 4 is 28.8 Å². The summed E-state index contributed by atoms with van der Waals surface area (Å²) in [4.78, 5) is 11.9. The zero-order valence-electron chi connectivity index (χ0n) is 9.54. The second kappa shape index (κ2) is 5.61. The van der Waals surface area contributed by atoms with Crippen LogP contribution < -0.4 is 11.1 Å². The molecule has 0 fully saturated rings. The monoisotopic (exact) mass is 236 g/mol. The van der Waals surface area contributed by atoms with Crippen LogP contribution in [0.4, 0.5) is 5.69 Å². The van der Waals surface area contributed by atoms with E-state index in [2.05, 4.69) is 5.32 Å². The Balaban J connectivity index is 2.63. The summed E-state index contributed by atoms with van der Waals surface area (Å²) in [6.45, 7) is 4.00. The van der Waals surface area contributed by atoms with Crippen molar-refractivity contribution in [2.24, 2.45) is 5.73 Å². The highest BCUT2D eigenvalue weighted by Gasteiger charge is 2.06.